The predicted molar refractivity (Wildman–Crippen MR) is 70.8 cm³/mol. The van der Waals surface area contributed by atoms with Crippen molar-refractivity contribution in [2.75, 3.05) is 26.2 Å². The van der Waals surface area contributed by atoms with Crippen molar-refractivity contribution in [3.63, 3.8) is 0 Å². The average Bonchev–Trinajstić information content (AvgIpc) is 2.34. The van der Waals surface area contributed by atoms with Gasteiger partial charge in [0.25, 0.3) is 0 Å². The zero-order chi connectivity index (χ0) is 13.3. The van der Waals surface area contributed by atoms with Crippen LogP contribution in [0.2, 0.25) is 0 Å². The molecule has 0 aromatic heterocycles. The first-order valence-electron chi connectivity index (χ1n) is 6.60. The molecular weight excluding hydrogens is 216 g/mol. The zero-order valence-electron chi connectivity index (χ0n) is 11.7. The highest BCUT2D eigenvalue weighted by atomic mass is 16.3. The van der Waals surface area contributed by atoms with E-state index in [2.05, 4.69) is 24.5 Å². The van der Waals surface area contributed by atoms with Crippen LogP contribution in [0, 0.1) is 11.3 Å². The van der Waals surface area contributed by atoms with Crippen LogP contribution in [-0.2, 0) is 4.79 Å². The van der Waals surface area contributed by atoms with Crippen molar-refractivity contribution in [3.05, 3.63) is 0 Å². The summed E-state index contributed by atoms with van der Waals surface area (Å²) in [5.41, 5.74) is -0.0118. The van der Waals surface area contributed by atoms with Gasteiger partial charge in [-0.05, 0) is 12.8 Å². The number of amides is 1. The summed E-state index contributed by atoms with van der Waals surface area (Å²) in [6.45, 7) is 10.4. The van der Waals surface area contributed by atoms with E-state index in [1.165, 1.54) is 0 Å². The molecule has 0 rings (SSSR count). The first kappa shape index (κ1) is 16.4. The van der Waals surface area contributed by atoms with Gasteiger partial charge in [0.15, 0.2) is 0 Å². The number of nitrogens with one attached hydrogen (secondary N) is 2. The summed E-state index contributed by atoms with van der Waals surface area (Å²) < 4.78 is 0. The first-order chi connectivity index (χ1) is 8.01. The second kappa shape index (κ2) is 8.48. The molecule has 4 nitrogen and oxygen atoms in total. The number of carbonyl (C=O) groups excluding carboxylic acids is 1. The average molecular weight is 244 g/mol. The van der Waals surface area contributed by atoms with Gasteiger partial charge >= 0.3 is 0 Å². The zero-order valence-corrected chi connectivity index (χ0v) is 11.7. The van der Waals surface area contributed by atoms with Crippen molar-refractivity contribution in [3.8, 4) is 0 Å². The highest BCUT2D eigenvalue weighted by molar-refractivity contribution is 5.77. The van der Waals surface area contributed by atoms with E-state index in [1.54, 1.807) is 0 Å². The van der Waals surface area contributed by atoms with Gasteiger partial charge in [0.2, 0.25) is 5.91 Å². The molecule has 0 aliphatic rings. The Hall–Kier alpha value is -0.610. The minimum absolute atomic E-state index is 0.0118. The van der Waals surface area contributed by atoms with Crippen molar-refractivity contribution in [1.82, 2.24) is 10.6 Å². The monoisotopic (exact) mass is 244 g/mol. The largest absolute Gasteiger partial charge is 0.396 e. The molecule has 17 heavy (non-hydrogen) atoms. The highest BCUT2D eigenvalue weighted by Gasteiger charge is 2.24. The van der Waals surface area contributed by atoms with Crippen molar-refractivity contribution < 1.29 is 9.90 Å². The third-order valence-electron chi connectivity index (χ3n) is 3.46. The Labute approximate surface area is 105 Å². The first-order valence-corrected chi connectivity index (χ1v) is 6.60. The molecule has 0 aliphatic heterocycles. The van der Waals surface area contributed by atoms with Crippen LogP contribution in [0.15, 0.2) is 0 Å². The summed E-state index contributed by atoms with van der Waals surface area (Å²) in [4.78, 5) is 11.3. The normalized spacial score (nSPS) is 11.9. The summed E-state index contributed by atoms with van der Waals surface area (Å²) in [6, 6.07) is 0. The van der Waals surface area contributed by atoms with Gasteiger partial charge in [0.05, 0.1) is 0 Å². The number of aliphatic hydroxyl groups is 1. The molecule has 0 aromatic carbocycles. The van der Waals surface area contributed by atoms with Crippen LogP contribution in [-0.4, -0.2) is 37.3 Å². The summed E-state index contributed by atoms with van der Waals surface area (Å²) in [7, 11) is 0. The van der Waals surface area contributed by atoms with E-state index in [-0.39, 0.29) is 23.8 Å². The number of hydrogen-bond acceptors (Lipinski definition) is 3. The van der Waals surface area contributed by atoms with Crippen LogP contribution in [0.3, 0.4) is 0 Å². The lowest BCUT2D eigenvalue weighted by molar-refractivity contribution is -0.123. The van der Waals surface area contributed by atoms with E-state index in [0.29, 0.717) is 6.54 Å². The SMILES string of the molecule is CCC(CC)(CO)CNCCNC(=O)C(C)C. The summed E-state index contributed by atoms with van der Waals surface area (Å²) in [5, 5.41) is 15.5. The summed E-state index contributed by atoms with van der Waals surface area (Å²) in [5.74, 6) is 0.129. The third-order valence-corrected chi connectivity index (χ3v) is 3.46. The van der Waals surface area contributed by atoms with Crippen LogP contribution in [0.25, 0.3) is 0 Å². The van der Waals surface area contributed by atoms with Crippen LogP contribution >= 0.6 is 0 Å². The lowest BCUT2D eigenvalue weighted by Crippen LogP contribution is -2.40. The Bertz CT molecular complexity index is 205. The molecule has 3 N–H and O–H groups in total. The Morgan fingerprint density at radius 1 is 1.24 bits per heavy atom. The molecule has 0 aliphatic carbocycles. The van der Waals surface area contributed by atoms with E-state index >= 15 is 0 Å². The molecule has 4 heteroatoms. The topological polar surface area (TPSA) is 61.4 Å². The van der Waals surface area contributed by atoms with Gasteiger partial charge in [-0.1, -0.05) is 27.7 Å². The molecule has 0 heterocycles. The summed E-state index contributed by atoms with van der Waals surface area (Å²) >= 11 is 0. The molecule has 102 valence electrons. The van der Waals surface area contributed by atoms with Gasteiger partial charge in [-0.25, -0.2) is 0 Å². The fourth-order valence-corrected chi connectivity index (χ4v) is 1.61. The molecule has 0 saturated heterocycles. The molecule has 0 fully saturated rings. The van der Waals surface area contributed by atoms with Crippen LogP contribution in [0.1, 0.15) is 40.5 Å². The van der Waals surface area contributed by atoms with E-state index < -0.39 is 0 Å². The Kier molecular flexibility index (Phi) is 8.17. The van der Waals surface area contributed by atoms with Crippen molar-refractivity contribution in [1.29, 1.82) is 0 Å². The predicted octanol–water partition coefficient (Wildman–Crippen LogP) is 1.15. The van der Waals surface area contributed by atoms with Crippen LogP contribution in [0.5, 0.6) is 0 Å². The second-order valence-electron chi connectivity index (χ2n) is 4.99. The van der Waals surface area contributed by atoms with E-state index in [1.807, 2.05) is 13.8 Å². The number of carbonyl (C=O) groups is 1. The third kappa shape index (κ3) is 6.03. The van der Waals surface area contributed by atoms with Gasteiger partial charge in [0.1, 0.15) is 0 Å². The number of hydrogen-bond donors (Lipinski definition) is 3. The van der Waals surface area contributed by atoms with E-state index in [9.17, 15) is 9.90 Å². The van der Waals surface area contributed by atoms with Gasteiger partial charge in [-0.3, -0.25) is 4.79 Å². The second-order valence-corrected chi connectivity index (χ2v) is 4.99. The molecule has 0 unspecified atom stereocenters. The Balaban J connectivity index is 3.73. The quantitative estimate of drug-likeness (QED) is 0.533. The van der Waals surface area contributed by atoms with Gasteiger partial charge in [-0.2, -0.15) is 0 Å². The van der Waals surface area contributed by atoms with E-state index in [0.717, 1.165) is 25.9 Å². The fourth-order valence-electron chi connectivity index (χ4n) is 1.61. The van der Waals surface area contributed by atoms with Crippen LogP contribution in [0.4, 0.5) is 0 Å². The fraction of sp³-hybridized carbons (Fsp3) is 0.923. The minimum atomic E-state index is -0.0118. The maximum absolute atomic E-state index is 11.3. The number of aliphatic hydroxyl groups excluding tert-OH is 1. The Morgan fingerprint density at radius 3 is 2.24 bits per heavy atom. The maximum atomic E-state index is 11.3. The minimum Gasteiger partial charge on any atom is -0.396 e. The Morgan fingerprint density at radius 2 is 1.82 bits per heavy atom. The molecular formula is C13H28N2O2. The number of rotatable bonds is 9. The molecule has 0 radical (unpaired) electrons. The van der Waals surface area contributed by atoms with E-state index in [4.69, 9.17) is 0 Å². The molecule has 1 amide bonds. The standard InChI is InChI=1S/C13H28N2O2/c1-5-13(6-2,10-16)9-14-7-8-15-12(17)11(3)4/h11,14,16H,5-10H2,1-4H3,(H,15,17). The van der Waals surface area contributed by atoms with Crippen molar-refractivity contribution >= 4 is 5.91 Å². The van der Waals surface area contributed by atoms with Gasteiger partial charge < -0.3 is 15.7 Å². The maximum Gasteiger partial charge on any atom is 0.222 e. The van der Waals surface area contributed by atoms with Crippen molar-refractivity contribution in [2.45, 2.75) is 40.5 Å². The molecule has 0 spiro atoms. The van der Waals surface area contributed by atoms with Crippen molar-refractivity contribution in [2.24, 2.45) is 11.3 Å². The lowest BCUT2D eigenvalue weighted by Gasteiger charge is -2.29. The summed E-state index contributed by atoms with van der Waals surface area (Å²) in [6.07, 6.45) is 1.93. The van der Waals surface area contributed by atoms with Gasteiger partial charge in [-0.15, -0.1) is 0 Å². The highest BCUT2D eigenvalue weighted by Crippen LogP contribution is 2.24. The van der Waals surface area contributed by atoms with Crippen LogP contribution < -0.4 is 10.6 Å². The molecule has 0 aromatic rings. The molecule has 0 saturated carbocycles. The molecule has 0 atom stereocenters. The molecule has 0 bridgehead atoms. The lowest BCUT2D eigenvalue weighted by atomic mass is 9.83. The van der Waals surface area contributed by atoms with Gasteiger partial charge in [0, 0.05) is 37.6 Å². The smallest absolute Gasteiger partial charge is 0.222 e.